The molecule has 0 spiro atoms. The van der Waals surface area contributed by atoms with Crippen LogP contribution in [0.3, 0.4) is 0 Å². The summed E-state index contributed by atoms with van der Waals surface area (Å²) in [4.78, 5) is 4.50. The van der Waals surface area contributed by atoms with Crippen molar-refractivity contribution in [1.82, 2.24) is 14.6 Å². The first-order valence-electron chi connectivity index (χ1n) is 5.70. The van der Waals surface area contributed by atoms with Crippen LogP contribution in [0, 0.1) is 5.92 Å². The number of hydrogen-bond donors (Lipinski definition) is 1. The molecule has 16 heavy (non-hydrogen) atoms. The molecule has 86 valence electrons. The Morgan fingerprint density at radius 2 is 2.19 bits per heavy atom. The average molecular weight is 218 g/mol. The highest BCUT2D eigenvalue weighted by molar-refractivity contribution is 5.36. The lowest BCUT2D eigenvalue weighted by Crippen LogP contribution is -2.25. The second-order valence-corrected chi connectivity index (χ2v) is 4.65. The van der Waals surface area contributed by atoms with Crippen molar-refractivity contribution in [2.45, 2.75) is 32.7 Å². The molecule has 2 heterocycles. The molecule has 0 aliphatic carbocycles. The van der Waals surface area contributed by atoms with Crippen LogP contribution in [0.2, 0.25) is 0 Å². The smallest absolute Gasteiger partial charge is 0.155 e. The third kappa shape index (κ3) is 2.58. The normalized spacial score (nSPS) is 13.5. The lowest BCUT2D eigenvalue weighted by molar-refractivity contribution is 0.490. The Kier molecular flexibility index (Phi) is 3.19. The fourth-order valence-corrected chi connectivity index (χ4v) is 1.92. The van der Waals surface area contributed by atoms with Crippen LogP contribution < -0.4 is 5.73 Å². The minimum Gasteiger partial charge on any atom is -0.327 e. The molecular weight excluding hydrogens is 200 g/mol. The van der Waals surface area contributed by atoms with Crippen molar-refractivity contribution in [1.29, 1.82) is 0 Å². The molecular formula is C12H18N4. The molecule has 0 amide bonds. The molecule has 1 atom stereocenters. The van der Waals surface area contributed by atoms with Crippen molar-refractivity contribution >= 4 is 5.65 Å². The lowest BCUT2D eigenvalue weighted by atomic mass is 10.0. The minimum atomic E-state index is 0.192. The summed E-state index contributed by atoms with van der Waals surface area (Å²) in [5, 5.41) is 4.11. The van der Waals surface area contributed by atoms with Gasteiger partial charge in [-0.05, 0) is 18.4 Å². The number of fused-ring (bicyclic) bond motifs is 1. The van der Waals surface area contributed by atoms with Gasteiger partial charge in [-0.15, -0.1) is 0 Å². The molecule has 0 bridgehead atoms. The number of rotatable bonds is 4. The van der Waals surface area contributed by atoms with E-state index < -0.39 is 0 Å². The van der Waals surface area contributed by atoms with Crippen molar-refractivity contribution in [2.75, 3.05) is 0 Å². The molecule has 2 aromatic rings. The fourth-order valence-electron chi connectivity index (χ4n) is 1.92. The maximum absolute atomic E-state index is 6.06. The van der Waals surface area contributed by atoms with Gasteiger partial charge in [0.25, 0.3) is 0 Å². The molecule has 0 saturated carbocycles. The predicted octanol–water partition coefficient (Wildman–Crippen LogP) is 1.65. The Morgan fingerprint density at radius 1 is 1.38 bits per heavy atom. The van der Waals surface area contributed by atoms with Crippen LogP contribution in [0.25, 0.3) is 5.65 Å². The highest BCUT2D eigenvalue weighted by Crippen LogP contribution is 2.08. The van der Waals surface area contributed by atoms with E-state index in [2.05, 4.69) is 23.9 Å². The minimum absolute atomic E-state index is 0.192. The number of hydrogen-bond acceptors (Lipinski definition) is 3. The van der Waals surface area contributed by atoms with Crippen LogP contribution in [0.5, 0.6) is 0 Å². The molecule has 0 fully saturated rings. The van der Waals surface area contributed by atoms with Crippen LogP contribution in [0.4, 0.5) is 0 Å². The van der Waals surface area contributed by atoms with Crippen molar-refractivity contribution in [3.8, 4) is 0 Å². The molecule has 2 rings (SSSR count). The largest absolute Gasteiger partial charge is 0.327 e. The Morgan fingerprint density at radius 3 is 2.94 bits per heavy atom. The summed E-state index contributed by atoms with van der Waals surface area (Å²) < 4.78 is 1.76. The van der Waals surface area contributed by atoms with Gasteiger partial charge in [-0.1, -0.05) is 13.8 Å². The maximum atomic E-state index is 6.06. The van der Waals surface area contributed by atoms with Gasteiger partial charge < -0.3 is 5.73 Å². The Bertz CT molecular complexity index is 461. The molecule has 0 radical (unpaired) electrons. The maximum Gasteiger partial charge on any atom is 0.155 e. The van der Waals surface area contributed by atoms with Crippen LogP contribution in [-0.4, -0.2) is 20.6 Å². The van der Waals surface area contributed by atoms with Crippen molar-refractivity contribution in [3.05, 3.63) is 30.2 Å². The van der Waals surface area contributed by atoms with Crippen molar-refractivity contribution in [2.24, 2.45) is 11.7 Å². The number of nitrogens with two attached hydrogens (primary N) is 1. The first-order chi connectivity index (χ1) is 7.65. The highest BCUT2D eigenvalue weighted by Gasteiger charge is 2.08. The van der Waals surface area contributed by atoms with Gasteiger partial charge in [-0.2, -0.15) is 5.10 Å². The third-order valence-electron chi connectivity index (χ3n) is 2.56. The second kappa shape index (κ2) is 4.61. The first-order valence-corrected chi connectivity index (χ1v) is 5.70. The van der Waals surface area contributed by atoms with E-state index >= 15 is 0 Å². The van der Waals surface area contributed by atoms with E-state index in [4.69, 9.17) is 5.73 Å². The zero-order valence-corrected chi connectivity index (χ0v) is 9.80. The summed E-state index contributed by atoms with van der Waals surface area (Å²) in [6.45, 7) is 4.38. The molecule has 2 N–H and O–H groups in total. The van der Waals surface area contributed by atoms with E-state index in [0.717, 1.165) is 24.2 Å². The number of aromatic nitrogens is 3. The van der Waals surface area contributed by atoms with Gasteiger partial charge in [0.05, 0.1) is 6.20 Å². The Hall–Kier alpha value is -1.42. The summed E-state index contributed by atoms with van der Waals surface area (Å²) in [6, 6.07) is 4.08. The zero-order chi connectivity index (χ0) is 11.5. The van der Waals surface area contributed by atoms with Gasteiger partial charge in [0.15, 0.2) is 5.65 Å². The van der Waals surface area contributed by atoms with E-state index in [1.165, 1.54) is 0 Å². The van der Waals surface area contributed by atoms with Gasteiger partial charge in [0, 0.05) is 30.4 Å². The van der Waals surface area contributed by atoms with Crippen molar-refractivity contribution < 1.29 is 0 Å². The molecule has 0 aliphatic rings. The molecule has 0 aromatic carbocycles. The van der Waals surface area contributed by atoms with E-state index in [9.17, 15) is 0 Å². The van der Waals surface area contributed by atoms with E-state index in [1.54, 1.807) is 10.7 Å². The summed E-state index contributed by atoms with van der Waals surface area (Å²) in [5.74, 6) is 0.633. The van der Waals surface area contributed by atoms with Gasteiger partial charge in [-0.3, -0.25) is 0 Å². The quantitative estimate of drug-likeness (QED) is 0.848. The molecule has 0 saturated heterocycles. The Balaban J connectivity index is 2.08. The first kappa shape index (κ1) is 11.1. The summed E-state index contributed by atoms with van der Waals surface area (Å²) >= 11 is 0. The van der Waals surface area contributed by atoms with Crippen molar-refractivity contribution in [3.63, 3.8) is 0 Å². The zero-order valence-electron chi connectivity index (χ0n) is 9.80. The molecule has 4 heteroatoms. The third-order valence-corrected chi connectivity index (χ3v) is 2.56. The average Bonchev–Trinajstić information content (AvgIpc) is 2.63. The standard InChI is InChI=1S/C12H18N4/c1-9(2)7-10(13)8-11-4-6-16-12(15-11)3-5-14-16/h3-6,9-10H,7-8,13H2,1-2H3. The SMILES string of the molecule is CC(C)CC(N)Cc1ccn2nccc2n1. The fraction of sp³-hybridized carbons (Fsp3) is 0.500. The second-order valence-electron chi connectivity index (χ2n) is 4.65. The monoisotopic (exact) mass is 218 g/mol. The molecule has 0 aliphatic heterocycles. The van der Waals surface area contributed by atoms with E-state index in [1.807, 2.05) is 18.3 Å². The molecule has 1 unspecified atom stereocenters. The van der Waals surface area contributed by atoms with Gasteiger partial charge in [-0.25, -0.2) is 9.50 Å². The van der Waals surface area contributed by atoms with Crippen LogP contribution >= 0.6 is 0 Å². The summed E-state index contributed by atoms with van der Waals surface area (Å²) in [5.41, 5.74) is 7.99. The topological polar surface area (TPSA) is 56.2 Å². The van der Waals surface area contributed by atoms with E-state index in [0.29, 0.717) is 5.92 Å². The van der Waals surface area contributed by atoms with Gasteiger partial charge in [0.1, 0.15) is 0 Å². The van der Waals surface area contributed by atoms with Crippen LogP contribution in [0.15, 0.2) is 24.5 Å². The van der Waals surface area contributed by atoms with Gasteiger partial charge >= 0.3 is 0 Å². The number of nitrogens with zero attached hydrogens (tertiary/aromatic N) is 3. The molecule has 4 nitrogen and oxygen atoms in total. The van der Waals surface area contributed by atoms with Crippen LogP contribution in [-0.2, 0) is 6.42 Å². The van der Waals surface area contributed by atoms with E-state index in [-0.39, 0.29) is 6.04 Å². The summed E-state index contributed by atoms with van der Waals surface area (Å²) in [6.07, 6.45) is 5.55. The lowest BCUT2D eigenvalue weighted by Gasteiger charge is -2.13. The molecule has 2 aromatic heterocycles. The van der Waals surface area contributed by atoms with Crippen LogP contribution in [0.1, 0.15) is 26.0 Å². The van der Waals surface area contributed by atoms with Gasteiger partial charge in [0.2, 0.25) is 0 Å². The highest BCUT2D eigenvalue weighted by atomic mass is 15.2. The Labute approximate surface area is 95.5 Å². The summed E-state index contributed by atoms with van der Waals surface area (Å²) in [7, 11) is 0. The predicted molar refractivity (Wildman–Crippen MR) is 64.1 cm³/mol.